The van der Waals surface area contributed by atoms with Crippen molar-refractivity contribution >= 4 is 5.97 Å². The van der Waals surface area contributed by atoms with Crippen molar-refractivity contribution in [2.45, 2.75) is 39.2 Å². The van der Waals surface area contributed by atoms with Gasteiger partial charge in [-0.05, 0) is 26.2 Å². The molecule has 66 valence electrons. The summed E-state index contributed by atoms with van der Waals surface area (Å²) in [7, 11) is 0. The molecule has 0 aromatic carbocycles. The average molecular weight is 160 g/mol. The van der Waals surface area contributed by atoms with Gasteiger partial charge in [0.25, 0.3) is 0 Å². The highest BCUT2D eigenvalue weighted by molar-refractivity contribution is 5.66. The van der Waals surface area contributed by atoms with E-state index in [9.17, 15) is 9.90 Å². The minimum Gasteiger partial charge on any atom is -0.481 e. The molecule has 1 atom stereocenters. The summed E-state index contributed by atoms with van der Waals surface area (Å²) in [5, 5.41) is 17.7. The molecule has 3 heteroatoms. The third-order valence-electron chi connectivity index (χ3n) is 1.37. The van der Waals surface area contributed by atoms with Crippen molar-refractivity contribution in [3.05, 3.63) is 0 Å². The maximum absolute atomic E-state index is 10.2. The van der Waals surface area contributed by atoms with Crippen molar-refractivity contribution in [3.63, 3.8) is 0 Å². The molecule has 0 spiro atoms. The highest BCUT2D eigenvalue weighted by Crippen LogP contribution is 2.17. The highest BCUT2D eigenvalue weighted by Gasteiger charge is 2.18. The molecule has 0 heterocycles. The summed E-state index contributed by atoms with van der Waals surface area (Å²) in [5.41, 5.74) is -0.755. The van der Waals surface area contributed by atoms with Gasteiger partial charge in [-0.3, -0.25) is 4.79 Å². The topological polar surface area (TPSA) is 57.5 Å². The lowest BCUT2D eigenvalue weighted by atomic mass is 9.93. The monoisotopic (exact) mass is 160 g/mol. The Morgan fingerprint density at radius 1 is 1.55 bits per heavy atom. The molecule has 0 saturated heterocycles. The van der Waals surface area contributed by atoms with Gasteiger partial charge in [0.05, 0.1) is 5.60 Å². The van der Waals surface area contributed by atoms with E-state index in [0.29, 0.717) is 6.42 Å². The van der Waals surface area contributed by atoms with Gasteiger partial charge in [0.15, 0.2) is 0 Å². The zero-order valence-electron chi connectivity index (χ0n) is 7.29. The Morgan fingerprint density at radius 2 is 2.00 bits per heavy atom. The third-order valence-corrected chi connectivity index (χ3v) is 1.37. The lowest BCUT2D eigenvalue weighted by Crippen LogP contribution is -2.23. The summed E-state index contributed by atoms with van der Waals surface area (Å²) in [6.07, 6.45) is 0.656. The van der Waals surface area contributed by atoms with E-state index >= 15 is 0 Å². The molecule has 0 fully saturated rings. The van der Waals surface area contributed by atoms with Gasteiger partial charge in [-0.25, -0.2) is 0 Å². The van der Waals surface area contributed by atoms with Crippen LogP contribution in [0.2, 0.25) is 0 Å². The van der Waals surface area contributed by atoms with Crippen molar-refractivity contribution in [2.75, 3.05) is 0 Å². The van der Waals surface area contributed by atoms with Crippen LogP contribution in [0.4, 0.5) is 0 Å². The SMILES string of the molecule is CC(CC(=O)O)CC(C)(C)O. The first-order valence-electron chi connectivity index (χ1n) is 3.75. The van der Waals surface area contributed by atoms with Crippen LogP contribution in [0.1, 0.15) is 33.6 Å². The second kappa shape index (κ2) is 3.72. The molecular weight excluding hydrogens is 144 g/mol. The van der Waals surface area contributed by atoms with E-state index in [-0.39, 0.29) is 12.3 Å². The number of hydrogen-bond acceptors (Lipinski definition) is 2. The Balaban J connectivity index is 3.69. The van der Waals surface area contributed by atoms with Gasteiger partial charge >= 0.3 is 5.97 Å². The van der Waals surface area contributed by atoms with Gasteiger partial charge in [0, 0.05) is 6.42 Å². The van der Waals surface area contributed by atoms with Gasteiger partial charge in [-0.1, -0.05) is 6.92 Å². The second-order valence-corrected chi connectivity index (χ2v) is 3.72. The molecular formula is C8H16O3. The van der Waals surface area contributed by atoms with Crippen LogP contribution in [0, 0.1) is 5.92 Å². The molecule has 0 aliphatic carbocycles. The Labute approximate surface area is 67.0 Å². The van der Waals surface area contributed by atoms with E-state index in [1.54, 1.807) is 13.8 Å². The number of hydrogen-bond donors (Lipinski definition) is 2. The molecule has 0 radical (unpaired) electrons. The van der Waals surface area contributed by atoms with E-state index in [2.05, 4.69) is 0 Å². The van der Waals surface area contributed by atoms with E-state index in [1.165, 1.54) is 0 Å². The summed E-state index contributed by atoms with van der Waals surface area (Å²) < 4.78 is 0. The molecule has 2 N–H and O–H groups in total. The Bertz CT molecular complexity index is 135. The average Bonchev–Trinajstić information content (AvgIpc) is 1.53. The smallest absolute Gasteiger partial charge is 0.303 e. The van der Waals surface area contributed by atoms with Crippen molar-refractivity contribution in [1.29, 1.82) is 0 Å². The highest BCUT2D eigenvalue weighted by atomic mass is 16.4. The Kier molecular flexibility index (Phi) is 3.52. The number of carbonyl (C=O) groups is 1. The number of aliphatic hydroxyl groups is 1. The van der Waals surface area contributed by atoms with Crippen LogP contribution in [0.15, 0.2) is 0 Å². The van der Waals surface area contributed by atoms with Gasteiger partial charge in [-0.15, -0.1) is 0 Å². The van der Waals surface area contributed by atoms with Gasteiger partial charge in [-0.2, -0.15) is 0 Å². The van der Waals surface area contributed by atoms with Gasteiger partial charge in [0.1, 0.15) is 0 Å². The normalized spacial score (nSPS) is 14.5. The van der Waals surface area contributed by atoms with E-state index < -0.39 is 11.6 Å². The van der Waals surface area contributed by atoms with Gasteiger partial charge < -0.3 is 10.2 Å². The fraction of sp³-hybridized carbons (Fsp3) is 0.875. The quantitative estimate of drug-likeness (QED) is 0.651. The van der Waals surface area contributed by atoms with Crippen LogP contribution in [-0.4, -0.2) is 21.8 Å². The van der Waals surface area contributed by atoms with E-state index in [4.69, 9.17) is 5.11 Å². The summed E-state index contributed by atoms with van der Waals surface area (Å²) in [5.74, 6) is -0.769. The van der Waals surface area contributed by atoms with Crippen molar-refractivity contribution in [1.82, 2.24) is 0 Å². The molecule has 0 aromatic rings. The first kappa shape index (κ1) is 10.4. The summed E-state index contributed by atoms with van der Waals surface area (Å²) in [6.45, 7) is 5.20. The van der Waals surface area contributed by atoms with Crippen LogP contribution >= 0.6 is 0 Å². The van der Waals surface area contributed by atoms with E-state index in [1.807, 2.05) is 6.92 Å². The standard InChI is InChI=1S/C8H16O3/c1-6(4-7(9)10)5-8(2,3)11/h6,11H,4-5H2,1-3H3,(H,9,10). The molecule has 0 aromatic heterocycles. The van der Waals surface area contributed by atoms with Crippen LogP contribution in [0.3, 0.4) is 0 Å². The predicted molar refractivity (Wildman–Crippen MR) is 42.3 cm³/mol. The van der Waals surface area contributed by atoms with Crippen molar-refractivity contribution in [2.24, 2.45) is 5.92 Å². The molecule has 0 rings (SSSR count). The lowest BCUT2D eigenvalue weighted by Gasteiger charge is -2.20. The maximum atomic E-state index is 10.2. The van der Waals surface area contributed by atoms with Crippen molar-refractivity contribution in [3.8, 4) is 0 Å². The number of carboxylic acids is 1. The first-order chi connectivity index (χ1) is 4.81. The lowest BCUT2D eigenvalue weighted by molar-refractivity contribution is -0.138. The van der Waals surface area contributed by atoms with Crippen LogP contribution < -0.4 is 0 Å². The van der Waals surface area contributed by atoms with Crippen molar-refractivity contribution < 1.29 is 15.0 Å². The molecule has 0 saturated carbocycles. The van der Waals surface area contributed by atoms with Gasteiger partial charge in [0.2, 0.25) is 0 Å². The predicted octanol–water partition coefficient (Wildman–Crippen LogP) is 1.26. The Morgan fingerprint density at radius 3 is 2.27 bits per heavy atom. The minimum absolute atomic E-state index is 0.0347. The maximum Gasteiger partial charge on any atom is 0.303 e. The molecule has 11 heavy (non-hydrogen) atoms. The number of carboxylic acid groups (broad SMARTS) is 1. The van der Waals surface area contributed by atoms with Crippen LogP contribution in [0.25, 0.3) is 0 Å². The first-order valence-corrected chi connectivity index (χ1v) is 3.75. The largest absolute Gasteiger partial charge is 0.481 e. The van der Waals surface area contributed by atoms with E-state index in [0.717, 1.165) is 0 Å². The molecule has 0 amide bonds. The summed E-state index contributed by atoms with van der Waals surface area (Å²) in [4.78, 5) is 10.2. The fourth-order valence-corrected chi connectivity index (χ4v) is 1.22. The van der Waals surface area contributed by atoms with Crippen LogP contribution in [-0.2, 0) is 4.79 Å². The fourth-order valence-electron chi connectivity index (χ4n) is 1.22. The molecule has 1 unspecified atom stereocenters. The molecule has 0 bridgehead atoms. The molecule has 0 aliphatic rings. The molecule has 3 nitrogen and oxygen atoms in total. The summed E-state index contributed by atoms with van der Waals surface area (Å²) >= 11 is 0. The zero-order chi connectivity index (χ0) is 9.07. The molecule has 0 aliphatic heterocycles. The third kappa shape index (κ3) is 7.33. The van der Waals surface area contributed by atoms with Crippen LogP contribution in [0.5, 0.6) is 0 Å². The number of aliphatic carboxylic acids is 1. The minimum atomic E-state index is -0.804. The summed E-state index contributed by atoms with van der Waals surface area (Å²) in [6, 6.07) is 0. The number of rotatable bonds is 4. The second-order valence-electron chi connectivity index (χ2n) is 3.72. The zero-order valence-corrected chi connectivity index (χ0v) is 7.29. The Hall–Kier alpha value is -0.570.